The average Bonchev–Trinajstić information content (AvgIpc) is 2.62. The van der Waals surface area contributed by atoms with Crippen LogP contribution in [0.4, 0.5) is 5.69 Å². The summed E-state index contributed by atoms with van der Waals surface area (Å²) in [5.41, 5.74) is 4.61. The molecule has 1 heterocycles. The highest BCUT2D eigenvalue weighted by molar-refractivity contribution is 6.01. The number of nitrogens with zero attached hydrogens (tertiary/aromatic N) is 1. The number of hydrogen-bond donors (Lipinski definition) is 3. The number of carbonyl (C=O) groups is 2. The van der Waals surface area contributed by atoms with Crippen LogP contribution in [0.15, 0.2) is 18.2 Å². The van der Waals surface area contributed by atoms with Crippen molar-refractivity contribution in [1.29, 1.82) is 0 Å². The van der Waals surface area contributed by atoms with Crippen LogP contribution in [0.1, 0.15) is 22.3 Å². The highest BCUT2D eigenvalue weighted by Crippen LogP contribution is 2.19. The van der Waals surface area contributed by atoms with Gasteiger partial charge < -0.3 is 15.6 Å². The summed E-state index contributed by atoms with van der Waals surface area (Å²) in [5.74, 6) is 5.14. The van der Waals surface area contributed by atoms with E-state index in [0.717, 1.165) is 12.0 Å². The van der Waals surface area contributed by atoms with Crippen molar-refractivity contribution in [3.05, 3.63) is 29.3 Å². The van der Waals surface area contributed by atoms with E-state index in [1.165, 1.54) is 0 Å². The van der Waals surface area contributed by atoms with E-state index in [0.29, 0.717) is 24.3 Å². The molecule has 0 bridgehead atoms. The highest BCUT2D eigenvalue weighted by atomic mass is 16.2. The minimum absolute atomic E-state index is 0.0940. The fraction of sp³-hybridized carbons (Fsp3) is 0.385. The Balaban J connectivity index is 2.25. The highest BCUT2D eigenvalue weighted by Gasteiger charge is 2.22. The van der Waals surface area contributed by atoms with Gasteiger partial charge in [0.1, 0.15) is 0 Å². The summed E-state index contributed by atoms with van der Waals surface area (Å²) in [6.07, 6.45) is 0.759. The molecule has 0 aromatic heterocycles. The van der Waals surface area contributed by atoms with E-state index in [1.54, 1.807) is 11.0 Å². The van der Waals surface area contributed by atoms with Gasteiger partial charge in [-0.2, -0.15) is 0 Å². The summed E-state index contributed by atoms with van der Waals surface area (Å²) >= 11 is 0. The van der Waals surface area contributed by atoms with E-state index >= 15 is 0 Å². The SMILES string of the molecule is Cc1ccc(C(=O)N2CCCNC(=O)C2)c(NN)c1. The smallest absolute Gasteiger partial charge is 0.256 e. The minimum atomic E-state index is -0.176. The third kappa shape index (κ3) is 3.03. The van der Waals surface area contributed by atoms with Gasteiger partial charge in [0.25, 0.3) is 5.91 Å². The van der Waals surface area contributed by atoms with Gasteiger partial charge in [-0.3, -0.25) is 15.4 Å². The molecule has 6 nitrogen and oxygen atoms in total. The molecule has 1 aromatic rings. The van der Waals surface area contributed by atoms with Crippen LogP contribution in [0.5, 0.6) is 0 Å². The van der Waals surface area contributed by atoms with E-state index in [1.807, 2.05) is 19.1 Å². The zero-order chi connectivity index (χ0) is 13.8. The van der Waals surface area contributed by atoms with E-state index in [2.05, 4.69) is 10.7 Å². The first-order valence-corrected chi connectivity index (χ1v) is 6.25. The van der Waals surface area contributed by atoms with Crippen LogP contribution in [0, 0.1) is 6.92 Å². The Morgan fingerprint density at radius 3 is 3.00 bits per heavy atom. The Morgan fingerprint density at radius 1 is 1.47 bits per heavy atom. The zero-order valence-electron chi connectivity index (χ0n) is 10.9. The van der Waals surface area contributed by atoms with Crippen molar-refractivity contribution in [3.63, 3.8) is 0 Å². The first kappa shape index (κ1) is 13.4. The molecule has 19 heavy (non-hydrogen) atoms. The van der Waals surface area contributed by atoms with Gasteiger partial charge in [-0.15, -0.1) is 0 Å². The molecule has 4 N–H and O–H groups in total. The molecule has 0 aliphatic carbocycles. The summed E-state index contributed by atoms with van der Waals surface area (Å²) < 4.78 is 0. The van der Waals surface area contributed by atoms with E-state index in [-0.39, 0.29) is 18.4 Å². The Kier molecular flexibility index (Phi) is 4.01. The van der Waals surface area contributed by atoms with Crippen molar-refractivity contribution >= 4 is 17.5 Å². The van der Waals surface area contributed by atoms with Gasteiger partial charge in [0.05, 0.1) is 17.8 Å². The minimum Gasteiger partial charge on any atom is -0.354 e. The lowest BCUT2D eigenvalue weighted by atomic mass is 10.1. The van der Waals surface area contributed by atoms with Gasteiger partial charge in [-0.25, -0.2) is 0 Å². The molecule has 0 radical (unpaired) electrons. The maximum absolute atomic E-state index is 12.4. The molecule has 1 aliphatic heterocycles. The zero-order valence-corrected chi connectivity index (χ0v) is 10.9. The second kappa shape index (κ2) is 5.71. The van der Waals surface area contributed by atoms with Crippen molar-refractivity contribution < 1.29 is 9.59 Å². The maximum atomic E-state index is 12.4. The molecule has 1 aromatic carbocycles. The predicted molar refractivity (Wildman–Crippen MR) is 72.5 cm³/mol. The van der Waals surface area contributed by atoms with Crippen LogP contribution in [-0.2, 0) is 4.79 Å². The second-order valence-electron chi connectivity index (χ2n) is 4.62. The lowest BCUT2D eigenvalue weighted by Crippen LogP contribution is -2.37. The van der Waals surface area contributed by atoms with Crippen molar-refractivity contribution in [1.82, 2.24) is 10.2 Å². The Labute approximate surface area is 111 Å². The number of nitrogens with one attached hydrogen (secondary N) is 2. The number of hydrazine groups is 1. The molecule has 102 valence electrons. The molecule has 0 saturated carbocycles. The summed E-state index contributed by atoms with van der Waals surface area (Å²) in [6.45, 7) is 3.19. The predicted octanol–water partition coefficient (Wildman–Crippen LogP) is 0.243. The number of carbonyl (C=O) groups excluding carboxylic acids is 2. The number of amides is 2. The normalized spacial score (nSPS) is 15.7. The number of rotatable bonds is 2. The van der Waals surface area contributed by atoms with Crippen LogP contribution in [-0.4, -0.2) is 36.3 Å². The van der Waals surface area contributed by atoms with Crippen molar-refractivity contribution in [3.8, 4) is 0 Å². The summed E-state index contributed by atoms with van der Waals surface area (Å²) in [6, 6.07) is 5.40. The molecular weight excluding hydrogens is 244 g/mol. The lowest BCUT2D eigenvalue weighted by Gasteiger charge is -2.20. The quantitative estimate of drug-likeness (QED) is 0.526. The molecule has 0 atom stereocenters. The molecule has 1 aliphatic rings. The monoisotopic (exact) mass is 262 g/mol. The number of nitrogens with two attached hydrogens (primary N) is 1. The van der Waals surface area contributed by atoms with E-state index in [9.17, 15) is 9.59 Å². The topological polar surface area (TPSA) is 87.5 Å². The van der Waals surface area contributed by atoms with Crippen LogP contribution >= 0.6 is 0 Å². The van der Waals surface area contributed by atoms with Gasteiger partial charge >= 0.3 is 0 Å². The molecule has 6 heteroatoms. The number of aryl methyl sites for hydroxylation is 1. The van der Waals surface area contributed by atoms with Gasteiger partial charge in [-0.1, -0.05) is 6.07 Å². The standard InChI is InChI=1S/C13H18N4O2/c1-9-3-4-10(11(7-9)16-14)13(19)17-6-2-5-15-12(18)8-17/h3-4,7,16H,2,5-6,8,14H2,1H3,(H,15,18). The second-order valence-corrected chi connectivity index (χ2v) is 4.62. The van der Waals surface area contributed by atoms with E-state index in [4.69, 9.17) is 5.84 Å². The Bertz CT molecular complexity index is 501. The maximum Gasteiger partial charge on any atom is 0.256 e. The van der Waals surface area contributed by atoms with Crippen molar-refractivity contribution in [2.75, 3.05) is 25.1 Å². The third-order valence-electron chi connectivity index (χ3n) is 3.11. The van der Waals surface area contributed by atoms with Crippen molar-refractivity contribution in [2.45, 2.75) is 13.3 Å². The summed E-state index contributed by atoms with van der Waals surface area (Å²) in [7, 11) is 0. The lowest BCUT2D eigenvalue weighted by molar-refractivity contribution is -0.121. The van der Waals surface area contributed by atoms with E-state index < -0.39 is 0 Å². The van der Waals surface area contributed by atoms with Crippen molar-refractivity contribution in [2.24, 2.45) is 5.84 Å². The molecule has 0 spiro atoms. The van der Waals surface area contributed by atoms with Crippen LogP contribution < -0.4 is 16.6 Å². The van der Waals surface area contributed by atoms with Gasteiger partial charge in [0, 0.05) is 13.1 Å². The molecule has 1 fully saturated rings. The number of hydrogen-bond acceptors (Lipinski definition) is 4. The average molecular weight is 262 g/mol. The first-order chi connectivity index (χ1) is 9.11. The van der Waals surface area contributed by atoms with Gasteiger partial charge in [0.15, 0.2) is 0 Å². The number of nitrogen functional groups attached to an aromatic ring is 1. The molecular formula is C13H18N4O2. The third-order valence-corrected chi connectivity index (χ3v) is 3.11. The van der Waals surface area contributed by atoms with Crippen LogP contribution in [0.2, 0.25) is 0 Å². The molecule has 0 unspecified atom stereocenters. The summed E-state index contributed by atoms with van der Waals surface area (Å²) in [5, 5.41) is 2.75. The largest absolute Gasteiger partial charge is 0.354 e. The fourth-order valence-electron chi connectivity index (χ4n) is 2.11. The fourth-order valence-corrected chi connectivity index (χ4v) is 2.11. The number of anilines is 1. The Hall–Kier alpha value is -2.08. The first-order valence-electron chi connectivity index (χ1n) is 6.25. The molecule has 2 amide bonds. The molecule has 1 saturated heterocycles. The van der Waals surface area contributed by atoms with Gasteiger partial charge in [0.2, 0.25) is 5.91 Å². The molecule has 2 rings (SSSR count). The number of benzene rings is 1. The Morgan fingerprint density at radius 2 is 2.26 bits per heavy atom. The van der Waals surface area contributed by atoms with Gasteiger partial charge in [-0.05, 0) is 31.0 Å². The van der Waals surface area contributed by atoms with Crippen LogP contribution in [0.25, 0.3) is 0 Å². The summed E-state index contributed by atoms with van der Waals surface area (Å²) in [4.78, 5) is 25.5. The van der Waals surface area contributed by atoms with Crippen LogP contribution in [0.3, 0.4) is 0 Å².